The molecule has 146 valence electrons. The third-order valence-corrected chi connectivity index (χ3v) is 5.86. The molecule has 1 heterocycles. The molecule has 28 heavy (non-hydrogen) atoms. The number of carbonyl (C=O) groups excluding carboxylic acids is 2. The van der Waals surface area contributed by atoms with E-state index < -0.39 is 34.4 Å². The second kappa shape index (κ2) is 7.98. The minimum atomic E-state index is -3.35. The maximum atomic E-state index is 12.8. The van der Waals surface area contributed by atoms with Gasteiger partial charge in [0.25, 0.3) is 5.91 Å². The van der Waals surface area contributed by atoms with Crippen molar-refractivity contribution in [2.24, 2.45) is 0 Å². The molecule has 1 atom stereocenters. The van der Waals surface area contributed by atoms with Gasteiger partial charge in [-0.1, -0.05) is 35.9 Å². The van der Waals surface area contributed by atoms with E-state index in [2.05, 4.69) is 0 Å². The Morgan fingerprint density at radius 2 is 1.82 bits per heavy atom. The molecule has 7 heteroatoms. The highest BCUT2D eigenvalue weighted by atomic mass is 32.2. The second-order valence-electron chi connectivity index (χ2n) is 6.72. The van der Waals surface area contributed by atoms with Gasteiger partial charge in [0.2, 0.25) is 0 Å². The number of hydrogen-bond acceptors (Lipinski definition) is 5. The molecule has 0 radical (unpaired) electrons. The molecule has 2 aromatic carbocycles. The molecule has 2 aromatic rings. The van der Waals surface area contributed by atoms with Crippen LogP contribution in [-0.2, 0) is 19.4 Å². The zero-order chi connectivity index (χ0) is 20.3. The molecule has 0 bridgehead atoms. The van der Waals surface area contributed by atoms with Crippen molar-refractivity contribution >= 4 is 27.4 Å². The number of sulfone groups is 1. The molecule has 0 spiro atoms. The van der Waals surface area contributed by atoms with Gasteiger partial charge in [0.15, 0.2) is 16.4 Å². The first-order valence-corrected chi connectivity index (χ1v) is 10.5. The van der Waals surface area contributed by atoms with E-state index in [1.54, 1.807) is 43.3 Å². The number of para-hydroxylation sites is 1. The van der Waals surface area contributed by atoms with Crippen molar-refractivity contribution in [3.05, 3.63) is 76.7 Å². The van der Waals surface area contributed by atoms with Crippen molar-refractivity contribution in [3.63, 3.8) is 0 Å². The highest BCUT2D eigenvalue weighted by Gasteiger charge is 2.31. The molecule has 0 saturated carbocycles. The topological polar surface area (TPSA) is 80.8 Å². The van der Waals surface area contributed by atoms with Crippen LogP contribution in [0.25, 0.3) is 0 Å². The van der Waals surface area contributed by atoms with Gasteiger partial charge in [-0.05, 0) is 43.7 Å². The molecule has 6 nitrogen and oxygen atoms in total. The number of benzene rings is 2. The van der Waals surface area contributed by atoms with Crippen molar-refractivity contribution in [2.75, 3.05) is 17.3 Å². The Morgan fingerprint density at radius 3 is 2.46 bits per heavy atom. The molecule has 0 fully saturated rings. The van der Waals surface area contributed by atoms with E-state index in [1.807, 2.05) is 19.1 Å². The fraction of sp³-hybridized carbons (Fsp3) is 0.238. The van der Waals surface area contributed by atoms with E-state index in [0.717, 1.165) is 16.5 Å². The molecule has 1 aliphatic heterocycles. The molecule has 0 N–H and O–H groups in total. The van der Waals surface area contributed by atoms with E-state index in [4.69, 9.17) is 4.74 Å². The Hall–Kier alpha value is -2.93. The molecular weight excluding hydrogens is 378 g/mol. The van der Waals surface area contributed by atoms with Gasteiger partial charge in [-0.3, -0.25) is 4.79 Å². The number of ether oxygens (including phenoxy) is 1. The lowest BCUT2D eigenvalue weighted by atomic mass is 10.1. The van der Waals surface area contributed by atoms with Crippen LogP contribution in [0.5, 0.6) is 0 Å². The molecule has 0 aromatic heterocycles. The lowest BCUT2D eigenvalue weighted by Gasteiger charge is -2.27. The van der Waals surface area contributed by atoms with Gasteiger partial charge in [0.05, 0.1) is 17.4 Å². The maximum absolute atomic E-state index is 12.8. The lowest BCUT2D eigenvalue weighted by Crippen LogP contribution is -2.43. The van der Waals surface area contributed by atoms with Gasteiger partial charge in [-0.25, -0.2) is 13.2 Å². The summed E-state index contributed by atoms with van der Waals surface area (Å²) < 4.78 is 28.9. The number of amides is 1. The number of carbonyl (C=O) groups is 2. The summed E-state index contributed by atoms with van der Waals surface area (Å²) in [6.45, 7) is 3.18. The van der Waals surface area contributed by atoms with Crippen LogP contribution in [0.4, 0.5) is 5.69 Å². The molecule has 0 unspecified atom stereocenters. The number of hydrogen-bond donors (Lipinski definition) is 0. The first-order valence-electron chi connectivity index (χ1n) is 8.79. The Kier molecular flexibility index (Phi) is 5.65. The average Bonchev–Trinajstić information content (AvgIpc) is 3.02. The van der Waals surface area contributed by atoms with E-state index in [-0.39, 0.29) is 5.75 Å². The minimum Gasteiger partial charge on any atom is -0.452 e. The van der Waals surface area contributed by atoms with Crippen molar-refractivity contribution in [3.8, 4) is 0 Å². The Morgan fingerprint density at radius 1 is 1.11 bits per heavy atom. The molecule has 0 saturated heterocycles. The Labute approximate surface area is 164 Å². The van der Waals surface area contributed by atoms with Crippen LogP contribution < -0.4 is 4.90 Å². The van der Waals surface area contributed by atoms with Gasteiger partial charge in [0.1, 0.15) is 0 Å². The number of nitrogens with zero attached hydrogens (tertiary/aromatic N) is 1. The monoisotopic (exact) mass is 399 g/mol. The normalized spacial score (nSPS) is 17.3. The van der Waals surface area contributed by atoms with Crippen LogP contribution >= 0.6 is 0 Å². The Balaban J connectivity index is 1.78. The standard InChI is InChI=1S/C21H21NO5S/c1-15-8-9-16(2)19(12-15)21(24)27-13-20(23)22(17-6-4-3-5-7-17)18-10-11-28(25,26)14-18/h3-12,18H,13-14H2,1-2H3/t18-/m0/s1. The quantitative estimate of drug-likeness (QED) is 0.722. The summed E-state index contributed by atoms with van der Waals surface area (Å²) in [7, 11) is -3.35. The Bertz CT molecular complexity index is 1030. The summed E-state index contributed by atoms with van der Waals surface area (Å²) >= 11 is 0. The minimum absolute atomic E-state index is 0.196. The van der Waals surface area contributed by atoms with Crippen LogP contribution in [0.1, 0.15) is 21.5 Å². The van der Waals surface area contributed by atoms with Crippen LogP contribution in [0.15, 0.2) is 60.0 Å². The van der Waals surface area contributed by atoms with E-state index in [0.29, 0.717) is 11.3 Å². The maximum Gasteiger partial charge on any atom is 0.338 e. The number of esters is 1. The summed E-state index contributed by atoms with van der Waals surface area (Å²) in [5, 5.41) is 1.11. The van der Waals surface area contributed by atoms with E-state index in [9.17, 15) is 18.0 Å². The van der Waals surface area contributed by atoms with Crippen molar-refractivity contribution < 1.29 is 22.7 Å². The highest BCUT2D eigenvalue weighted by molar-refractivity contribution is 7.94. The third kappa shape index (κ3) is 4.48. The van der Waals surface area contributed by atoms with Crippen LogP contribution in [0, 0.1) is 13.8 Å². The van der Waals surface area contributed by atoms with E-state index in [1.165, 1.54) is 11.0 Å². The predicted molar refractivity (Wildman–Crippen MR) is 107 cm³/mol. The predicted octanol–water partition coefficient (Wildman–Crippen LogP) is 2.80. The van der Waals surface area contributed by atoms with Gasteiger partial charge in [0, 0.05) is 11.1 Å². The van der Waals surface area contributed by atoms with Crippen molar-refractivity contribution in [1.82, 2.24) is 0 Å². The average molecular weight is 399 g/mol. The largest absolute Gasteiger partial charge is 0.452 e. The van der Waals surface area contributed by atoms with Crippen molar-refractivity contribution in [2.45, 2.75) is 19.9 Å². The zero-order valence-electron chi connectivity index (χ0n) is 15.7. The smallest absolute Gasteiger partial charge is 0.338 e. The molecular formula is C21H21NO5S. The molecule has 1 amide bonds. The van der Waals surface area contributed by atoms with E-state index >= 15 is 0 Å². The number of aryl methyl sites for hydroxylation is 2. The van der Waals surface area contributed by atoms with Gasteiger partial charge >= 0.3 is 5.97 Å². The molecule has 0 aliphatic carbocycles. The van der Waals surface area contributed by atoms with Gasteiger partial charge in [-0.15, -0.1) is 0 Å². The fourth-order valence-corrected chi connectivity index (χ4v) is 4.33. The van der Waals surface area contributed by atoms with Crippen LogP contribution in [0.3, 0.4) is 0 Å². The highest BCUT2D eigenvalue weighted by Crippen LogP contribution is 2.23. The number of anilines is 1. The SMILES string of the molecule is Cc1ccc(C)c(C(=O)OCC(=O)N(c2ccccc2)[C@H]2C=CS(=O)(=O)C2)c1. The summed E-state index contributed by atoms with van der Waals surface area (Å²) in [5.74, 6) is -1.27. The second-order valence-corrected chi connectivity index (χ2v) is 8.65. The fourth-order valence-electron chi connectivity index (χ4n) is 3.06. The first-order chi connectivity index (χ1) is 13.3. The molecule has 1 aliphatic rings. The summed E-state index contributed by atoms with van der Waals surface area (Å²) in [6.07, 6.45) is 1.48. The molecule has 3 rings (SSSR count). The van der Waals surface area contributed by atoms with Gasteiger partial charge < -0.3 is 9.64 Å². The third-order valence-electron chi connectivity index (χ3n) is 4.49. The first kappa shape index (κ1) is 19.8. The van der Waals surface area contributed by atoms with Crippen LogP contribution in [0.2, 0.25) is 0 Å². The summed E-state index contributed by atoms with van der Waals surface area (Å²) in [4.78, 5) is 26.6. The lowest BCUT2D eigenvalue weighted by molar-refractivity contribution is -0.121. The van der Waals surface area contributed by atoms with Crippen molar-refractivity contribution in [1.29, 1.82) is 0 Å². The zero-order valence-corrected chi connectivity index (χ0v) is 16.5. The summed E-state index contributed by atoms with van der Waals surface area (Å²) in [5.41, 5.74) is 2.62. The van der Waals surface area contributed by atoms with Crippen LogP contribution in [-0.4, -0.2) is 38.7 Å². The summed E-state index contributed by atoms with van der Waals surface area (Å²) in [6, 6.07) is 13.5. The number of rotatable bonds is 5. The van der Waals surface area contributed by atoms with Gasteiger partial charge in [-0.2, -0.15) is 0 Å².